The van der Waals surface area contributed by atoms with Gasteiger partial charge in [0, 0.05) is 13.0 Å². The summed E-state index contributed by atoms with van der Waals surface area (Å²) in [4.78, 5) is 15.1. The zero-order valence-corrected chi connectivity index (χ0v) is 15.4. The van der Waals surface area contributed by atoms with Crippen LogP contribution in [0.2, 0.25) is 5.02 Å². The van der Waals surface area contributed by atoms with Gasteiger partial charge < -0.3 is 25.4 Å². The first-order valence-corrected chi connectivity index (χ1v) is 7.94. The highest BCUT2D eigenvalue weighted by atomic mass is 35.5. The van der Waals surface area contributed by atoms with Crippen LogP contribution in [0, 0.1) is 0 Å². The summed E-state index contributed by atoms with van der Waals surface area (Å²) in [5.74, 6) is 1.31. The van der Waals surface area contributed by atoms with E-state index in [2.05, 4.69) is 20.9 Å². The maximum Gasteiger partial charge on any atom is 0.222 e. The van der Waals surface area contributed by atoms with Gasteiger partial charge in [0.2, 0.25) is 5.91 Å². The Hall–Kier alpha value is -2.58. The molecule has 0 radical (unpaired) electrons. The number of aromatic nitrogens is 1. The molecule has 3 N–H and O–H groups in total. The molecule has 0 atom stereocenters. The monoisotopic (exact) mass is 380 g/mol. The average Bonchev–Trinajstić information content (AvgIpc) is 2.56. The van der Waals surface area contributed by atoms with Crippen molar-refractivity contribution in [1.82, 2.24) is 4.98 Å². The van der Waals surface area contributed by atoms with Crippen LogP contribution < -0.4 is 25.4 Å². The van der Waals surface area contributed by atoms with E-state index in [1.165, 1.54) is 21.1 Å². The van der Waals surface area contributed by atoms with E-state index in [1.54, 1.807) is 30.5 Å². The van der Waals surface area contributed by atoms with Gasteiger partial charge in [-0.3, -0.25) is 4.79 Å². The van der Waals surface area contributed by atoms with Gasteiger partial charge in [0.15, 0.2) is 5.11 Å². The first kappa shape index (κ1) is 18.8. The summed E-state index contributed by atoms with van der Waals surface area (Å²) in [5, 5.41) is 9.33. The molecular formula is C16H17ClN4O3S. The molecule has 1 heterocycles. The van der Waals surface area contributed by atoms with Crippen LogP contribution in [0.1, 0.15) is 6.92 Å². The van der Waals surface area contributed by atoms with Gasteiger partial charge in [-0.2, -0.15) is 0 Å². The van der Waals surface area contributed by atoms with Crippen LogP contribution in [0.15, 0.2) is 30.5 Å². The number of halogens is 1. The molecule has 0 saturated carbocycles. The maximum absolute atomic E-state index is 11.0. The number of pyridine rings is 1. The molecule has 2 aromatic rings. The molecule has 0 bridgehead atoms. The zero-order valence-electron chi connectivity index (χ0n) is 13.8. The maximum atomic E-state index is 11.0. The van der Waals surface area contributed by atoms with Crippen molar-refractivity contribution in [3.63, 3.8) is 0 Å². The van der Waals surface area contributed by atoms with Gasteiger partial charge in [-0.05, 0) is 30.4 Å². The Labute approximate surface area is 155 Å². The number of carbonyl (C=O) groups is 1. The van der Waals surface area contributed by atoms with Crippen molar-refractivity contribution >= 4 is 52.0 Å². The van der Waals surface area contributed by atoms with E-state index in [9.17, 15) is 4.79 Å². The number of amides is 1. The Morgan fingerprint density at radius 2 is 1.84 bits per heavy atom. The lowest BCUT2D eigenvalue weighted by Crippen LogP contribution is -2.19. The van der Waals surface area contributed by atoms with Crippen molar-refractivity contribution in [2.45, 2.75) is 6.92 Å². The lowest BCUT2D eigenvalue weighted by molar-refractivity contribution is -0.114. The highest BCUT2D eigenvalue weighted by Crippen LogP contribution is 2.35. The van der Waals surface area contributed by atoms with E-state index in [0.717, 1.165) is 0 Å². The second-order valence-electron chi connectivity index (χ2n) is 4.88. The van der Waals surface area contributed by atoms with E-state index < -0.39 is 0 Å². The standard InChI is InChI=1S/C16H17ClN4O3S/c1-9(22)19-15-5-4-10(8-18-15)20-16(25)21-12-6-11(17)13(23-2)7-14(12)24-3/h4-8H,1-3H3,(H,18,19,22)(H2,20,21,25). The van der Waals surface area contributed by atoms with Crippen LogP contribution >= 0.6 is 23.8 Å². The number of nitrogens with zero attached hydrogens (tertiary/aromatic N) is 1. The van der Waals surface area contributed by atoms with Crippen LogP contribution in [-0.4, -0.2) is 30.2 Å². The molecule has 2 rings (SSSR count). The summed E-state index contributed by atoms with van der Waals surface area (Å²) in [5.41, 5.74) is 1.25. The normalized spacial score (nSPS) is 9.92. The molecule has 0 saturated heterocycles. The summed E-state index contributed by atoms with van der Waals surface area (Å²) >= 11 is 11.4. The SMILES string of the molecule is COc1cc(OC)c(NC(=S)Nc2ccc(NC(C)=O)nc2)cc1Cl. The topological polar surface area (TPSA) is 84.5 Å². The molecule has 132 valence electrons. The summed E-state index contributed by atoms with van der Waals surface area (Å²) in [6, 6.07) is 6.73. The van der Waals surface area contributed by atoms with Crippen molar-refractivity contribution in [1.29, 1.82) is 0 Å². The Balaban J connectivity index is 2.07. The average molecular weight is 381 g/mol. The van der Waals surface area contributed by atoms with Gasteiger partial charge >= 0.3 is 0 Å². The lowest BCUT2D eigenvalue weighted by atomic mass is 10.2. The van der Waals surface area contributed by atoms with E-state index in [-0.39, 0.29) is 5.91 Å². The third-order valence-corrected chi connectivity index (χ3v) is 3.55. The van der Waals surface area contributed by atoms with Crippen LogP contribution in [0.25, 0.3) is 0 Å². The van der Waals surface area contributed by atoms with Crippen LogP contribution in [0.3, 0.4) is 0 Å². The van der Waals surface area contributed by atoms with Crippen molar-refractivity contribution in [3.05, 3.63) is 35.5 Å². The molecule has 0 aliphatic carbocycles. The number of thiocarbonyl (C=S) groups is 1. The Morgan fingerprint density at radius 1 is 1.12 bits per heavy atom. The molecule has 0 aliphatic rings. The smallest absolute Gasteiger partial charge is 0.222 e. The van der Waals surface area contributed by atoms with E-state index in [0.29, 0.717) is 38.8 Å². The van der Waals surface area contributed by atoms with Crippen LogP contribution in [0.5, 0.6) is 11.5 Å². The number of hydrogen-bond donors (Lipinski definition) is 3. The number of ether oxygens (including phenoxy) is 2. The minimum Gasteiger partial charge on any atom is -0.495 e. The fourth-order valence-electron chi connectivity index (χ4n) is 1.96. The molecule has 0 fully saturated rings. The first-order valence-electron chi connectivity index (χ1n) is 7.16. The minimum atomic E-state index is -0.186. The van der Waals surface area contributed by atoms with Crippen molar-refractivity contribution in [3.8, 4) is 11.5 Å². The molecule has 25 heavy (non-hydrogen) atoms. The number of hydrogen-bond acceptors (Lipinski definition) is 5. The molecule has 1 aromatic heterocycles. The number of rotatable bonds is 5. The van der Waals surface area contributed by atoms with Gasteiger partial charge in [-0.15, -0.1) is 0 Å². The summed E-state index contributed by atoms with van der Waals surface area (Å²) in [6.07, 6.45) is 1.55. The number of anilines is 3. The summed E-state index contributed by atoms with van der Waals surface area (Å²) in [6.45, 7) is 1.42. The third-order valence-electron chi connectivity index (χ3n) is 3.05. The highest BCUT2D eigenvalue weighted by Gasteiger charge is 2.11. The molecule has 7 nitrogen and oxygen atoms in total. The fraction of sp³-hybridized carbons (Fsp3) is 0.188. The van der Waals surface area contributed by atoms with Crippen molar-refractivity contribution in [2.75, 3.05) is 30.2 Å². The van der Waals surface area contributed by atoms with Crippen molar-refractivity contribution in [2.24, 2.45) is 0 Å². The molecule has 0 unspecified atom stereocenters. The van der Waals surface area contributed by atoms with E-state index >= 15 is 0 Å². The number of benzene rings is 1. The van der Waals surface area contributed by atoms with Gasteiger partial charge in [0.05, 0.1) is 36.8 Å². The summed E-state index contributed by atoms with van der Waals surface area (Å²) < 4.78 is 10.5. The Kier molecular flexibility index (Phi) is 6.37. The third kappa shape index (κ3) is 5.20. The molecule has 1 amide bonds. The largest absolute Gasteiger partial charge is 0.495 e. The Morgan fingerprint density at radius 3 is 2.40 bits per heavy atom. The van der Waals surface area contributed by atoms with Gasteiger partial charge in [0.25, 0.3) is 0 Å². The first-order chi connectivity index (χ1) is 11.9. The molecule has 9 heteroatoms. The molecular weight excluding hydrogens is 364 g/mol. The van der Waals surface area contributed by atoms with Gasteiger partial charge in [0.1, 0.15) is 17.3 Å². The zero-order chi connectivity index (χ0) is 18.4. The van der Waals surface area contributed by atoms with Gasteiger partial charge in [-0.25, -0.2) is 4.98 Å². The summed E-state index contributed by atoms with van der Waals surface area (Å²) in [7, 11) is 3.06. The highest BCUT2D eigenvalue weighted by molar-refractivity contribution is 7.80. The second kappa shape index (κ2) is 8.50. The predicted octanol–water partition coefficient (Wildman–Crippen LogP) is 3.52. The van der Waals surface area contributed by atoms with Crippen LogP contribution in [0.4, 0.5) is 17.2 Å². The fourth-order valence-corrected chi connectivity index (χ4v) is 2.43. The quantitative estimate of drug-likeness (QED) is 0.684. The number of carbonyl (C=O) groups excluding carboxylic acids is 1. The predicted molar refractivity (Wildman–Crippen MR) is 103 cm³/mol. The molecule has 1 aromatic carbocycles. The van der Waals surface area contributed by atoms with E-state index in [4.69, 9.17) is 33.3 Å². The lowest BCUT2D eigenvalue weighted by Gasteiger charge is -2.15. The van der Waals surface area contributed by atoms with Crippen LogP contribution in [-0.2, 0) is 4.79 Å². The Bertz CT molecular complexity index is 784. The minimum absolute atomic E-state index is 0.186. The molecule has 0 aliphatic heterocycles. The van der Waals surface area contributed by atoms with E-state index in [1.807, 2.05) is 0 Å². The second-order valence-corrected chi connectivity index (χ2v) is 5.69. The number of methoxy groups -OCH3 is 2. The van der Waals surface area contributed by atoms with Gasteiger partial charge in [-0.1, -0.05) is 11.6 Å². The van der Waals surface area contributed by atoms with Crippen molar-refractivity contribution < 1.29 is 14.3 Å². The molecule has 0 spiro atoms. The number of nitrogens with one attached hydrogen (secondary N) is 3.